The first-order chi connectivity index (χ1) is 9.83. The van der Waals surface area contributed by atoms with Crippen LogP contribution in [0.1, 0.15) is 31.9 Å². The summed E-state index contributed by atoms with van der Waals surface area (Å²) in [5, 5.41) is 3.47. The molecule has 1 aromatic carbocycles. The molecule has 112 valence electrons. The molecular weight excluding hydrogens is 254 g/mol. The standard InChI is InChI=1S/C16H25NO3/c1-3-17-16(12-20-15-9-10-18-11-15)13-5-7-14(8-6-13)19-4-2/h5-8,15-17H,3-4,9-12H2,1-2H3. The van der Waals surface area contributed by atoms with Crippen LogP contribution in [0.15, 0.2) is 24.3 Å². The van der Waals surface area contributed by atoms with Crippen molar-refractivity contribution in [3.63, 3.8) is 0 Å². The maximum absolute atomic E-state index is 5.93. The Bertz CT molecular complexity index is 374. The number of ether oxygens (including phenoxy) is 3. The molecule has 0 amide bonds. The largest absolute Gasteiger partial charge is 0.494 e. The molecule has 0 spiro atoms. The van der Waals surface area contributed by atoms with E-state index in [9.17, 15) is 0 Å². The van der Waals surface area contributed by atoms with Gasteiger partial charge in [0.15, 0.2) is 0 Å². The molecule has 0 aliphatic carbocycles. The summed E-state index contributed by atoms with van der Waals surface area (Å²) in [6, 6.07) is 8.46. The first kappa shape index (κ1) is 15.3. The monoisotopic (exact) mass is 279 g/mol. The molecular formula is C16H25NO3. The van der Waals surface area contributed by atoms with Crippen LogP contribution in [-0.2, 0) is 9.47 Å². The van der Waals surface area contributed by atoms with E-state index in [0.717, 1.165) is 31.9 Å². The Morgan fingerprint density at radius 3 is 2.70 bits per heavy atom. The summed E-state index contributed by atoms with van der Waals surface area (Å²) in [7, 11) is 0. The molecule has 1 fully saturated rings. The van der Waals surface area contributed by atoms with Crippen molar-refractivity contribution >= 4 is 0 Å². The average molecular weight is 279 g/mol. The van der Waals surface area contributed by atoms with E-state index in [0.29, 0.717) is 13.2 Å². The number of likely N-dealkylation sites (N-methyl/N-ethyl adjacent to an activating group) is 1. The molecule has 2 atom stereocenters. The third kappa shape index (κ3) is 4.47. The van der Waals surface area contributed by atoms with Crippen molar-refractivity contribution in [3.8, 4) is 5.75 Å². The van der Waals surface area contributed by atoms with Crippen LogP contribution in [0.5, 0.6) is 5.75 Å². The van der Waals surface area contributed by atoms with E-state index >= 15 is 0 Å². The number of hydrogen-bond donors (Lipinski definition) is 1. The van der Waals surface area contributed by atoms with Gasteiger partial charge in [-0.2, -0.15) is 0 Å². The van der Waals surface area contributed by atoms with E-state index in [-0.39, 0.29) is 12.1 Å². The van der Waals surface area contributed by atoms with Crippen molar-refractivity contribution in [2.75, 3.05) is 33.0 Å². The van der Waals surface area contributed by atoms with Gasteiger partial charge < -0.3 is 19.5 Å². The fourth-order valence-electron chi connectivity index (χ4n) is 2.36. The van der Waals surface area contributed by atoms with Gasteiger partial charge in [-0.1, -0.05) is 19.1 Å². The van der Waals surface area contributed by atoms with E-state index in [1.807, 2.05) is 19.1 Å². The first-order valence-electron chi connectivity index (χ1n) is 7.49. The van der Waals surface area contributed by atoms with Crippen LogP contribution in [0, 0.1) is 0 Å². The molecule has 4 nitrogen and oxygen atoms in total. The molecule has 0 saturated carbocycles. The van der Waals surface area contributed by atoms with Crippen molar-refractivity contribution in [1.29, 1.82) is 0 Å². The van der Waals surface area contributed by atoms with Gasteiger partial charge in [-0.15, -0.1) is 0 Å². The molecule has 0 radical (unpaired) electrons. The molecule has 1 N–H and O–H groups in total. The average Bonchev–Trinajstić information content (AvgIpc) is 2.98. The Morgan fingerprint density at radius 2 is 2.10 bits per heavy atom. The lowest BCUT2D eigenvalue weighted by atomic mass is 10.1. The topological polar surface area (TPSA) is 39.7 Å². The highest BCUT2D eigenvalue weighted by atomic mass is 16.5. The third-order valence-electron chi connectivity index (χ3n) is 3.43. The zero-order valence-corrected chi connectivity index (χ0v) is 12.4. The van der Waals surface area contributed by atoms with Crippen LogP contribution in [0.2, 0.25) is 0 Å². The van der Waals surface area contributed by atoms with Crippen LogP contribution < -0.4 is 10.1 Å². The molecule has 2 rings (SSSR count). The van der Waals surface area contributed by atoms with Crippen LogP contribution >= 0.6 is 0 Å². The zero-order valence-electron chi connectivity index (χ0n) is 12.4. The van der Waals surface area contributed by atoms with Gasteiger partial charge >= 0.3 is 0 Å². The fourth-order valence-corrected chi connectivity index (χ4v) is 2.36. The molecule has 1 saturated heterocycles. The number of nitrogens with one attached hydrogen (secondary N) is 1. The van der Waals surface area contributed by atoms with Crippen molar-refractivity contribution in [2.24, 2.45) is 0 Å². The lowest BCUT2D eigenvalue weighted by Crippen LogP contribution is -2.28. The van der Waals surface area contributed by atoms with E-state index in [1.165, 1.54) is 5.56 Å². The zero-order chi connectivity index (χ0) is 14.2. The predicted molar refractivity (Wildman–Crippen MR) is 79.2 cm³/mol. The Kier molecular flexibility index (Phi) is 6.30. The Labute approximate surface area is 121 Å². The summed E-state index contributed by atoms with van der Waals surface area (Å²) < 4.78 is 16.7. The molecule has 0 bridgehead atoms. The van der Waals surface area contributed by atoms with Gasteiger partial charge in [-0.25, -0.2) is 0 Å². The summed E-state index contributed by atoms with van der Waals surface area (Å²) in [6.07, 6.45) is 1.25. The fraction of sp³-hybridized carbons (Fsp3) is 0.625. The molecule has 2 unspecified atom stereocenters. The second-order valence-corrected chi connectivity index (χ2v) is 4.93. The second-order valence-electron chi connectivity index (χ2n) is 4.93. The predicted octanol–water partition coefficient (Wildman–Crippen LogP) is 2.54. The van der Waals surface area contributed by atoms with E-state index in [1.54, 1.807) is 0 Å². The van der Waals surface area contributed by atoms with E-state index < -0.39 is 0 Å². The van der Waals surface area contributed by atoms with Crippen LogP contribution in [0.3, 0.4) is 0 Å². The summed E-state index contributed by atoms with van der Waals surface area (Å²) in [5.41, 5.74) is 1.23. The summed E-state index contributed by atoms with van der Waals surface area (Å²) in [5.74, 6) is 0.914. The third-order valence-corrected chi connectivity index (χ3v) is 3.43. The van der Waals surface area contributed by atoms with Crippen LogP contribution in [0.4, 0.5) is 0 Å². The first-order valence-corrected chi connectivity index (χ1v) is 7.49. The lowest BCUT2D eigenvalue weighted by Gasteiger charge is -2.20. The summed E-state index contributed by atoms with van der Waals surface area (Å²) in [6.45, 7) is 7.94. The molecule has 1 heterocycles. The SMILES string of the molecule is CCNC(COC1CCOC1)c1ccc(OCC)cc1. The van der Waals surface area contributed by atoms with E-state index in [4.69, 9.17) is 14.2 Å². The molecule has 4 heteroatoms. The highest BCUT2D eigenvalue weighted by Gasteiger charge is 2.19. The minimum absolute atomic E-state index is 0.219. The minimum Gasteiger partial charge on any atom is -0.494 e. The van der Waals surface area contributed by atoms with Crippen LogP contribution in [-0.4, -0.2) is 39.1 Å². The van der Waals surface area contributed by atoms with Crippen LogP contribution in [0.25, 0.3) is 0 Å². The summed E-state index contributed by atoms with van der Waals surface area (Å²) in [4.78, 5) is 0. The minimum atomic E-state index is 0.219. The summed E-state index contributed by atoms with van der Waals surface area (Å²) >= 11 is 0. The van der Waals surface area contributed by atoms with Gasteiger partial charge in [0, 0.05) is 6.61 Å². The highest BCUT2D eigenvalue weighted by Crippen LogP contribution is 2.20. The molecule has 1 aromatic rings. The number of benzene rings is 1. The van der Waals surface area contributed by atoms with Gasteiger partial charge in [0.2, 0.25) is 0 Å². The Balaban J connectivity index is 1.91. The van der Waals surface area contributed by atoms with Gasteiger partial charge in [0.05, 0.1) is 32.0 Å². The molecule has 0 aromatic heterocycles. The van der Waals surface area contributed by atoms with Crippen molar-refractivity contribution in [2.45, 2.75) is 32.4 Å². The second kappa shape index (κ2) is 8.25. The number of hydrogen-bond acceptors (Lipinski definition) is 4. The quantitative estimate of drug-likeness (QED) is 0.794. The van der Waals surface area contributed by atoms with Gasteiger partial charge in [-0.3, -0.25) is 0 Å². The van der Waals surface area contributed by atoms with Gasteiger partial charge in [0.25, 0.3) is 0 Å². The van der Waals surface area contributed by atoms with Gasteiger partial charge in [0.1, 0.15) is 5.75 Å². The maximum atomic E-state index is 5.93. The normalized spacial score (nSPS) is 20.0. The number of rotatable bonds is 8. The van der Waals surface area contributed by atoms with E-state index in [2.05, 4.69) is 24.4 Å². The molecule has 1 aliphatic heterocycles. The molecule has 1 aliphatic rings. The maximum Gasteiger partial charge on any atom is 0.119 e. The lowest BCUT2D eigenvalue weighted by molar-refractivity contribution is 0.0299. The smallest absolute Gasteiger partial charge is 0.119 e. The molecule has 20 heavy (non-hydrogen) atoms. The van der Waals surface area contributed by atoms with Gasteiger partial charge in [-0.05, 0) is 37.6 Å². The highest BCUT2D eigenvalue weighted by molar-refractivity contribution is 5.29. The Hall–Kier alpha value is -1.10. The Morgan fingerprint density at radius 1 is 1.30 bits per heavy atom. The van der Waals surface area contributed by atoms with Crippen molar-refractivity contribution < 1.29 is 14.2 Å². The van der Waals surface area contributed by atoms with Crippen molar-refractivity contribution in [1.82, 2.24) is 5.32 Å². The van der Waals surface area contributed by atoms with Crippen molar-refractivity contribution in [3.05, 3.63) is 29.8 Å².